The Hall–Kier alpha value is -1.10. The first kappa shape index (κ1) is 12.6. The van der Waals surface area contributed by atoms with Crippen LogP contribution in [-0.4, -0.2) is 24.1 Å². The molecule has 4 rings (SSSR count). The number of allylic oxidation sites excluding steroid dienone is 1. The van der Waals surface area contributed by atoms with E-state index in [1.807, 2.05) is 13.0 Å². The van der Waals surface area contributed by atoms with E-state index in [9.17, 15) is 5.11 Å². The Labute approximate surface area is 118 Å². The van der Waals surface area contributed by atoms with Crippen LogP contribution in [0.4, 0.5) is 0 Å². The normalized spacial score (nSPS) is 38.0. The minimum absolute atomic E-state index is 0.0920. The van der Waals surface area contributed by atoms with Crippen molar-refractivity contribution in [1.82, 2.24) is 0 Å². The largest absolute Gasteiger partial charge is 0.469 e. The molecule has 0 radical (unpaired) electrons. The number of aryl methyl sites for hydroxylation is 1. The van der Waals surface area contributed by atoms with E-state index in [1.54, 1.807) is 6.26 Å². The topological polar surface area (TPSA) is 51.8 Å². The molecule has 0 bridgehead atoms. The monoisotopic (exact) mass is 276 g/mol. The summed E-state index contributed by atoms with van der Waals surface area (Å²) in [6.07, 6.45) is 6.93. The minimum atomic E-state index is -0.625. The van der Waals surface area contributed by atoms with Gasteiger partial charge < -0.3 is 19.0 Å². The number of rotatable bonds is 0. The first-order chi connectivity index (χ1) is 9.53. The first-order valence-corrected chi connectivity index (χ1v) is 7.26. The Kier molecular flexibility index (Phi) is 2.50. The van der Waals surface area contributed by atoms with Gasteiger partial charge in [-0.3, -0.25) is 0 Å². The third-order valence-electron chi connectivity index (χ3n) is 5.17. The van der Waals surface area contributed by atoms with Crippen molar-refractivity contribution < 1.29 is 19.0 Å². The van der Waals surface area contributed by atoms with Crippen molar-refractivity contribution in [3.05, 3.63) is 35.3 Å². The molecule has 4 heteroatoms. The number of furan rings is 1. The zero-order valence-corrected chi connectivity index (χ0v) is 11.9. The maximum Gasteiger partial charge on any atom is 0.188 e. The van der Waals surface area contributed by atoms with Crippen molar-refractivity contribution in [3.63, 3.8) is 0 Å². The molecule has 4 nitrogen and oxygen atoms in total. The van der Waals surface area contributed by atoms with E-state index in [0.29, 0.717) is 19.6 Å². The molecule has 0 saturated carbocycles. The second-order valence-electron chi connectivity index (χ2n) is 6.54. The Morgan fingerprint density at radius 2 is 2.00 bits per heavy atom. The molecule has 0 aromatic carbocycles. The first-order valence-electron chi connectivity index (χ1n) is 7.26. The molecular formula is C16H20O4. The van der Waals surface area contributed by atoms with Gasteiger partial charge in [0.25, 0.3) is 0 Å². The Morgan fingerprint density at radius 3 is 2.75 bits per heavy atom. The van der Waals surface area contributed by atoms with E-state index < -0.39 is 11.9 Å². The van der Waals surface area contributed by atoms with Crippen molar-refractivity contribution in [1.29, 1.82) is 0 Å². The van der Waals surface area contributed by atoms with E-state index in [2.05, 4.69) is 13.0 Å². The van der Waals surface area contributed by atoms with Crippen LogP contribution in [0.15, 0.2) is 22.8 Å². The van der Waals surface area contributed by atoms with Crippen LogP contribution in [0.25, 0.3) is 0 Å². The van der Waals surface area contributed by atoms with Crippen LogP contribution in [0.5, 0.6) is 0 Å². The summed E-state index contributed by atoms with van der Waals surface area (Å²) in [5.74, 6) is 0.386. The fraction of sp³-hybridized carbons (Fsp3) is 0.625. The van der Waals surface area contributed by atoms with Crippen molar-refractivity contribution >= 4 is 0 Å². The van der Waals surface area contributed by atoms with Gasteiger partial charge in [-0.25, -0.2) is 0 Å². The fourth-order valence-corrected chi connectivity index (χ4v) is 3.98. The highest BCUT2D eigenvalue weighted by atomic mass is 16.7. The highest BCUT2D eigenvalue weighted by molar-refractivity contribution is 5.36. The lowest BCUT2D eigenvalue weighted by Crippen LogP contribution is -2.46. The van der Waals surface area contributed by atoms with Crippen LogP contribution in [0, 0.1) is 18.3 Å². The van der Waals surface area contributed by atoms with Gasteiger partial charge in [0.15, 0.2) is 5.79 Å². The standard InChI is InChI=1S/C16H20O4/c1-10-9-18-12-8-15(2)3-4-16(19-5-6-20-16)7-11(15)14(17)13(10)12/h3-4,9,11,14,17H,5-8H2,1-2H3/t11-,14+,15+/m1/s1. The highest BCUT2D eigenvalue weighted by Gasteiger charge is 2.52. The summed E-state index contributed by atoms with van der Waals surface area (Å²) in [4.78, 5) is 0. The number of aliphatic hydroxyl groups is 1. The van der Waals surface area contributed by atoms with Crippen molar-refractivity contribution in [3.8, 4) is 0 Å². The van der Waals surface area contributed by atoms with Crippen LogP contribution >= 0.6 is 0 Å². The molecule has 1 aliphatic heterocycles. The number of hydrogen-bond acceptors (Lipinski definition) is 4. The average Bonchev–Trinajstić information content (AvgIpc) is 3.00. The number of aliphatic hydroxyl groups excluding tert-OH is 1. The number of fused-ring (bicyclic) bond motifs is 2. The molecule has 108 valence electrons. The van der Waals surface area contributed by atoms with Crippen LogP contribution < -0.4 is 0 Å². The van der Waals surface area contributed by atoms with E-state index in [1.165, 1.54) is 0 Å². The van der Waals surface area contributed by atoms with Crippen molar-refractivity contribution in [2.45, 2.75) is 38.6 Å². The van der Waals surface area contributed by atoms with Gasteiger partial charge in [0.1, 0.15) is 5.76 Å². The van der Waals surface area contributed by atoms with Gasteiger partial charge in [0, 0.05) is 24.3 Å². The van der Waals surface area contributed by atoms with Gasteiger partial charge in [-0.1, -0.05) is 13.0 Å². The van der Waals surface area contributed by atoms with Crippen molar-refractivity contribution in [2.24, 2.45) is 11.3 Å². The number of ether oxygens (including phenoxy) is 2. The zero-order chi connectivity index (χ0) is 14.0. The summed E-state index contributed by atoms with van der Waals surface area (Å²) in [6, 6.07) is 0. The SMILES string of the molecule is Cc1coc2c1[C@@H](O)[C@H]1CC3(C=C[C@@]1(C)C2)OCCO3. The van der Waals surface area contributed by atoms with Gasteiger partial charge in [-0.2, -0.15) is 0 Å². The molecule has 1 aromatic rings. The predicted octanol–water partition coefficient (Wildman–Crippen LogP) is 2.50. The van der Waals surface area contributed by atoms with Crippen LogP contribution in [-0.2, 0) is 15.9 Å². The average molecular weight is 276 g/mol. The lowest BCUT2D eigenvalue weighted by molar-refractivity contribution is -0.159. The molecular weight excluding hydrogens is 256 g/mol. The molecule has 1 N–H and O–H groups in total. The van der Waals surface area contributed by atoms with Gasteiger partial charge in [-0.15, -0.1) is 0 Å². The molecule has 3 aliphatic rings. The second-order valence-corrected chi connectivity index (χ2v) is 6.54. The quantitative estimate of drug-likeness (QED) is 0.740. The Balaban J connectivity index is 1.77. The molecule has 1 fully saturated rings. The lowest BCUT2D eigenvalue weighted by Gasteiger charge is -2.47. The van der Waals surface area contributed by atoms with E-state index in [4.69, 9.17) is 13.9 Å². The van der Waals surface area contributed by atoms with Gasteiger partial charge >= 0.3 is 0 Å². The molecule has 3 atom stereocenters. The van der Waals surface area contributed by atoms with Gasteiger partial charge in [0.2, 0.25) is 0 Å². The van der Waals surface area contributed by atoms with Crippen LogP contribution in [0.1, 0.15) is 36.3 Å². The molecule has 20 heavy (non-hydrogen) atoms. The molecule has 1 saturated heterocycles. The van der Waals surface area contributed by atoms with Gasteiger partial charge in [0.05, 0.1) is 25.6 Å². The maximum atomic E-state index is 10.8. The summed E-state index contributed by atoms with van der Waals surface area (Å²) < 4.78 is 17.2. The van der Waals surface area contributed by atoms with Crippen LogP contribution in [0.3, 0.4) is 0 Å². The van der Waals surface area contributed by atoms with Gasteiger partial charge in [-0.05, 0) is 24.0 Å². The summed E-state index contributed by atoms with van der Waals surface area (Å²) >= 11 is 0. The maximum absolute atomic E-state index is 10.8. The molecule has 0 amide bonds. The van der Waals surface area contributed by atoms with Crippen molar-refractivity contribution in [2.75, 3.05) is 13.2 Å². The molecule has 0 unspecified atom stereocenters. The van der Waals surface area contributed by atoms with E-state index >= 15 is 0 Å². The predicted molar refractivity (Wildman–Crippen MR) is 72.1 cm³/mol. The minimum Gasteiger partial charge on any atom is -0.469 e. The molecule has 1 aromatic heterocycles. The smallest absolute Gasteiger partial charge is 0.188 e. The number of hydrogen-bond donors (Lipinski definition) is 1. The zero-order valence-electron chi connectivity index (χ0n) is 11.9. The summed E-state index contributed by atoms with van der Waals surface area (Å²) in [6.45, 7) is 5.42. The molecule has 2 aliphatic carbocycles. The highest BCUT2D eigenvalue weighted by Crippen LogP contribution is 2.54. The summed E-state index contributed by atoms with van der Waals surface area (Å²) in [7, 11) is 0. The molecule has 2 heterocycles. The third-order valence-corrected chi connectivity index (χ3v) is 5.17. The lowest BCUT2D eigenvalue weighted by atomic mass is 9.61. The third kappa shape index (κ3) is 1.59. The molecule has 1 spiro atoms. The summed E-state index contributed by atoms with van der Waals surface area (Å²) in [5, 5.41) is 10.8. The van der Waals surface area contributed by atoms with E-state index in [-0.39, 0.29) is 11.3 Å². The van der Waals surface area contributed by atoms with Crippen LogP contribution in [0.2, 0.25) is 0 Å². The fourth-order valence-electron chi connectivity index (χ4n) is 3.98. The summed E-state index contributed by atoms with van der Waals surface area (Å²) in [5.41, 5.74) is 1.90. The second kappa shape index (κ2) is 3.97. The van der Waals surface area contributed by atoms with E-state index in [0.717, 1.165) is 23.3 Å². The Bertz CT molecular complexity index is 567. The Morgan fingerprint density at radius 1 is 1.25 bits per heavy atom.